The molecule has 1 heterocycles. The molecule has 0 atom stereocenters. The standard InChI is InChI=1S/C43H35N/c1-43(2,35-18-7-4-8-19-35)36-27-24-33(25-28-36)39-29-26-32-16-9-11-20-37(32)41-23-13-22-40(31-14-5-3-6-15-31)42(41)44-30-34-17-10-12-21-38(34)39/h3-30,44H,1-2H3/b29-26?,34-30+,39-38?. The summed E-state index contributed by atoms with van der Waals surface area (Å²) in [5.74, 6) is 0. The van der Waals surface area contributed by atoms with Crippen LogP contribution in [0.1, 0.15) is 36.1 Å². The Bertz CT molecular complexity index is 2080. The van der Waals surface area contributed by atoms with Crippen LogP contribution >= 0.6 is 0 Å². The zero-order chi connectivity index (χ0) is 29.9. The maximum absolute atomic E-state index is 3.78. The summed E-state index contributed by atoms with van der Waals surface area (Å²) in [4.78, 5) is 0. The first kappa shape index (κ1) is 27.4. The lowest BCUT2D eigenvalue weighted by Gasteiger charge is -2.26. The van der Waals surface area contributed by atoms with Crippen molar-refractivity contribution in [1.29, 1.82) is 0 Å². The van der Waals surface area contributed by atoms with Gasteiger partial charge in [-0.15, -0.1) is 0 Å². The molecule has 0 aliphatic carbocycles. The van der Waals surface area contributed by atoms with Gasteiger partial charge in [-0.1, -0.05) is 178 Å². The molecular formula is C43H35N. The summed E-state index contributed by atoms with van der Waals surface area (Å²) in [5.41, 5.74) is 11.9. The number of rotatable bonds is 4. The summed E-state index contributed by atoms with van der Waals surface area (Å²) in [7, 11) is 0. The lowest BCUT2D eigenvalue weighted by atomic mass is 9.78. The van der Waals surface area contributed by atoms with E-state index in [9.17, 15) is 0 Å². The van der Waals surface area contributed by atoms with E-state index in [0.717, 1.165) is 10.9 Å². The summed E-state index contributed by atoms with van der Waals surface area (Å²) in [6, 6.07) is 54.4. The van der Waals surface area contributed by atoms with E-state index in [-0.39, 0.29) is 5.41 Å². The smallest absolute Gasteiger partial charge is 0.0539 e. The monoisotopic (exact) mass is 565 g/mol. The van der Waals surface area contributed by atoms with E-state index in [1.54, 1.807) is 0 Å². The molecule has 0 fully saturated rings. The summed E-state index contributed by atoms with van der Waals surface area (Å²) in [6.45, 7) is 4.59. The minimum absolute atomic E-state index is 0.0919. The molecule has 0 saturated heterocycles. The van der Waals surface area contributed by atoms with Crippen molar-refractivity contribution >= 4 is 23.5 Å². The van der Waals surface area contributed by atoms with E-state index in [1.165, 1.54) is 55.3 Å². The third-order valence-corrected chi connectivity index (χ3v) is 8.87. The van der Waals surface area contributed by atoms with E-state index in [1.807, 2.05) is 0 Å². The number of hydrogen-bond acceptors (Lipinski definition) is 1. The second kappa shape index (κ2) is 11.7. The minimum atomic E-state index is -0.0919. The summed E-state index contributed by atoms with van der Waals surface area (Å²) < 4.78 is 0. The first-order valence-corrected chi connectivity index (χ1v) is 15.3. The first-order chi connectivity index (χ1) is 21.6. The molecular weight excluding hydrogens is 530 g/mol. The molecule has 6 aromatic carbocycles. The van der Waals surface area contributed by atoms with E-state index in [2.05, 4.69) is 189 Å². The van der Waals surface area contributed by atoms with Crippen molar-refractivity contribution in [3.63, 3.8) is 0 Å². The van der Waals surface area contributed by atoms with Gasteiger partial charge < -0.3 is 5.32 Å². The largest absolute Gasteiger partial charge is 0.360 e. The molecule has 212 valence electrons. The highest BCUT2D eigenvalue weighted by atomic mass is 14.8. The molecule has 1 nitrogen and oxygen atoms in total. The van der Waals surface area contributed by atoms with Crippen molar-refractivity contribution in [3.05, 3.63) is 190 Å². The Balaban J connectivity index is 1.43. The van der Waals surface area contributed by atoms with Gasteiger partial charge in [0.2, 0.25) is 0 Å². The van der Waals surface area contributed by atoms with Crippen molar-refractivity contribution in [3.8, 4) is 22.3 Å². The number of hydrogen-bond donors (Lipinski definition) is 1. The molecule has 0 bridgehead atoms. The van der Waals surface area contributed by atoms with Gasteiger partial charge in [-0.3, -0.25) is 0 Å². The summed E-state index contributed by atoms with van der Waals surface area (Å²) in [5, 5.41) is 6.10. The van der Waals surface area contributed by atoms with Crippen molar-refractivity contribution in [2.75, 3.05) is 5.32 Å². The van der Waals surface area contributed by atoms with Crippen LogP contribution in [0.2, 0.25) is 0 Å². The Morgan fingerprint density at radius 3 is 1.86 bits per heavy atom. The lowest BCUT2D eigenvalue weighted by molar-refractivity contribution is 0.641. The third kappa shape index (κ3) is 5.18. The Kier molecular flexibility index (Phi) is 7.30. The molecule has 0 aromatic heterocycles. The SMILES string of the molecule is CC(C)(c1ccccc1)c1ccc(C2=c3cccc/c3=C\Nc3c(-c4ccccc4)cccc3-c3ccccc3C=C2)cc1. The van der Waals surface area contributed by atoms with Gasteiger partial charge in [-0.2, -0.15) is 0 Å². The molecule has 1 aliphatic heterocycles. The Morgan fingerprint density at radius 1 is 0.455 bits per heavy atom. The van der Waals surface area contributed by atoms with Gasteiger partial charge in [0.25, 0.3) is 0 Å². The predicted molar refractivity (Wildman–Crippen MR) is 188 cm³/mol. The fourth-order valence-electron chi connectivity index (χ4n) is 6.30. The second-order valence-corrected chi connectivity index (χ2v) is 11.9. The van der Waals surface area contributed by atoms with Crippen LogP contribution in [-0.2, 0) is 5.41 Å². The molecule has 0 saturated carbocycles. The van der Waals surface area contributed by atoms with Crippen LogP contribution in [-0.4, -0.2) is 0 Å². The lowest BCUT2D eigenvalue weighted by Crippen LogP contribution is -2.27. The fourth-order valence-corrected chi connectivity index (χ4v) is 6.30. The summed E-state index contributed by atoms with van der Waals surface area (Å²) >= 11 is 0. The quantitative estimate of drug-likeness (QED) is 0.225. The minimum Gasteiger partial charge on any atom is -0.360 e. The van der Waals surface area contributed by atoms with E-state index in [0.29, 0.717) is 0 Å². The van der Waals surface area contributed by atoms with Gasteiger partial charge in [0, 0.05) is 22.7 Å². The summed E-state index contributed by atoms with van der Waals surface area (Å²) in [6.07, 6.45) is 6.72. The number of allylic oxidation sites excluding steroid dienone is 1. The van der Waals surface area contributed by atoms with Crippen LogP contribution in [0, 0.1) is 0 Å². The molecule has 7 rings (SSSR count). The highest BCUT2D eigenvalue weighted by Crippen LogP contribution is 2.39. The zero-order valence-electron chi connectivity index (χ0n) is 25.2. The van der Waals surface area contributed by atoms with Crippen LogP contribution < -0.4 is 15.8 Å². The van der Waals surface area contributed by atoms with Crippen LogP contribution in [0.25, 0.3) is 40.1 Å². The predicted octanol–water partition coefficient (Wildman–Crippen LogP) is 9.42. The Labute approximate surface area is 260 Å². The Hall–Kier alpha value is -5.40. The average Bonchev–Trinajstić information content (AvgIpc) is 3.11. The molecule has 0 unspecified atom stereocenters. The molecule has 0 spiro atoms. The number of nitrogens with one attached hydrogen (secondary N) is 1. The molecule has 1 N–H and O–H groups in total. The van der Waals surface area contributed by atoms with Gasteiger partial charge in [0.05, 0.1) is 5.69 Å². The first-order valence-electron chi connectivity index (χ1n) is 15.3. The van der Waals surface area contributed by atoms with E-state index in [4.69, 9.17) is 0 Å². The highest BCUT2D eigenvalue weighted by molar-refractivity contribution is 5.95. The average molecular weight is 566 g/mol. The maximum Gasteiger partial charge on any atom is 0.0539 e. The number of anilines is 1. The molecule has 1 heteroatoms. The van der Waals surface area contributed by atoms with Gasteiger partial charge in [0.1, 0.15) is 0 Å². The highest BCUT2D eigenvalue weighted by Gasteiger charge is 2.23. The van der Waals surface area contributed by atoms with E-state index < -0.39 is 0 Å². The van der Waals surface area contributed by atoms with Gasteiger partial charge in [-0.05, 0) is 49.4 Å². The number of benzene rings is 6. The van der Waals surface area contributed by atoms with Gasteiger partial charge in [0.15, 0.2) is 0 Å². The van der Waals surface area contributed by atoms with Crippen molar-refractivity contribution in [2.45, 2.75) is 19.3 Å². The van der Waals surface area contributed by atoms with Crippen molar-refractivity contribution in [1.82, 2.24) is 0 Å². The zero-order valence-corrected chi connectivity index (χ0v) is 25.2. The van der Waals surface area contributed by atoms with Crippen LogP contribution in [0.4, 0.5) is 5.69 Å². The third-order valence-electron chi connectivity index (χ3n) is 8.87. The van der Waals surface area contributed by atoms with Gasteiger partial charge in [-0.25, -0.2) is 0 Å². The number of fused-ring (bicyclic) bond motifs is 4. The number of para-hydroxylation sites is 1. The maximum atomic E-state index is 3.78. The Morgan fingerprint density at radius 2 is 1.07 bits per heavy atom. The second-order valence-electron chi connectivity index (χ2n) is 11.9. The van der Waals surface area contributed by atoms with Crippen molar-refractivity contribution in [2.24, 2.45) is 0 Å². The topological polar surface area (TPSA) is 12.0 Å². The molecule has 0 amide bonds. The van der Waals surface area contributed by atoms with Crippen LogP contribution in [0.15, 0.2) is 158 Å². The molecule has 6 aromatic rings. The van der Waals surface area contributed by atoms with Crippen LogP contribution in [0.5, 0.6) is 0 Å². The van der Waals surface area contributed by atoms with Crippen LogP contribution in [0.3, 0.4) is 0 Å². The van der Waals surface area contributed by atoms with E-state index >= 15 is 0 Å². The normalized spacial score (nSPS) is 13.3. The molecule has 0 radical (unpaired) electrons. The molecule has 44 heavy (non-hydrogen) atoms. The fraction of sp³-hybridized carbons (Fsp3) is 0.0698. The molecule has 1 aliphatic rings. The van der Waals surface area contributed by atoms with Crippen molar-refractivity contribution < 1.29 is 0 Å². The van der Waals surface area contributed by atoms with Gasteiger partial charge >= 0.3 is 0 Å².